The zero-order valence-electron chi connectivity index (χ0n) is 13.3. The fraction of sp³-hybridized carbons (Fsp3) is 0.0526. The van der Waals surface area contributed by atoms with Gasteiger partial charge in [0, 0.05) is 34.2 Å². The van der Waals surface area contributed by atoms with E-state index in [1.807, 2.05) is 41.1 Å². The molecule has 0 spiro atoms. The zero-order valence-corrected chi connectivity index (χ0v) is 15.7. The van der Waals surface area contributed by atoms with Crippen molar-refractivity contribution in [1.82, 2.24) is 9.88 Å². The number of hydrogen-bond donors (Lipinski definition) is 1. The fourth-order valence-electron chi connectivity index (χ4n) is 2.92. The van der Waals surface area contributed by atoms with Gasteiger partial charge in [-0.3, -0.25) is 4.79 Å². The molecule has 7 heteroatoms. The van der Waals surface area contributed by atoms with E-state index in [1.165, 1.54) is 23.9 Å². The summed E-state index contributed by atoms with van der Waals surface area (Å²) in [7, 11) is 0. The molecule has 0 saturated carbocycles. The van der Waals surface area contributed by atoms with E-state index in [-0.39, 0.29) is 11.7 Å². The predicted molar refractivity (Wildman–Crippen MR) is 109 cm³/mol. The summed E-state index contributed by atoms with van der Waals surface area (Å²) in [6.07, 6.45) is 3.80. The Hall–Kier alpha value is -2.15. The van der Waals surface area contributed by atoms with Crippen molar-refractivity contribution in [2.75, 3.05) is 0 Å². The first-order valence-corrected chi connectivity index (χ1v) is 9.38. The molecule has 1 aliphatic rings. The molecule has 130 valence electrons. The Morgan fingerprint density at radius 2 is 2.08 bits per heavy atom. The maximum absolute atomic E-state index is 13.3. The van der Waals surface area contributed by atoms with E-state index in [1.54, 1.807) is 6.07 Å². The average Bonchev–Trinajstić information content (AvgIpc) is 3.11. The van der Waals surface area contributed by atoms with Gasteiger partial charge in [0.05, 0.1) is 4.91 Å². The Bertz CT molecular complexity index is 1090. The summed E-state index contributed by atoms with van der Waals surface area (Å²) in [4.78, 5) is 12.5. The summed E-state index contributed by atoms with van der Waals surface area (Å²) in [5.41, 5.74) is 2.74. The van der Waals surface area contributed by atoms with Crippen LogP contribution in [-0.2, 0) is 11.3 Å². The molecular formula is C19H12ClFN2OS2. The Balaban J connectivity index is 1.78. The Labute approximate surface area is 163 Å². The number of halogens is 2. The van der Waals surface area contributed by atoms with Crippen molar-refractivity contribution in [3.63, 3.8) is 0 Å². The van der Waals surface area contributed by atoms with Gasteiger partial charge in [-0.15, -0.1) is 0 Å². The van der Waals surface area contributed by atoms with Gasteiger partial charge >= 0.3 is 0 Å². The topological polar surface area (TPSA) is 34.0 Å². The standard InChI is InChI=1S/C19H12ClFN2OS2/c20-15-8-13(21)6-5-11(15)9-23-10-12(14-3-1-2-4-16(14)23)7-17-18(24)22-19(25)26-17/h1-8,10H,9H2,(H,22,24,25)/b17-7+. The monoisotopic (exact) mass is 402 g/mol. The Kier molecular flexibility index (Phi) is 4.56. The third kappa shape index (κ3) is 3.28. The maximum Gasteiger partial charge on any atom is 0.263 e. The molecule has 1 saturated heterocycles. The molecule has 0 unspecified atom stereocenters. The van der Waals surface area contributed by atoms with Crippen molar-refractivity contribution in [3.8, 4) is 0 Å². The van der Waals surface area contributed by atoms with E-state index in [0.29, 0.717) is 20.8 Å². The van der Waals surface area contributed by atoms with Crippen LogP contribution in [0.1, 0.15) is 11.1 Å². The first-order chi connectivity index (χ1) is 12.5. The van der Waals surface area contributed by atoms with Gasteiger partial charge in [0.1, 0.15) is 10.1 Å². The largest absolute Gasteiger partial charge is 0.342 e. The van der Waals surface area contributed by atoms with Crippen LogP contribution >= 0.6 is 35.6 Å². The molecule has 3 aromatic rings. The number of nitrogens with one attached hydrogen (secondary N) is 1. The van der Waals surface area contributed by atoms with Gasteiger partial charge in [0.15, 0.2) is 0 Å². The van der Waals surface area contributed by atoms with E-state index in [2.05, 4.69) is 5.32 Å². The highest BCUT2D eigenvalue weighted by molar-refractivity contribution is 8.26. The van der Waals surface area contributed by atoms with Gasteiger partial charge < -0.3 is 9.88 Å². The van der Waals surface area contributed by atoms with Crippen molar-refractivity contribution in [3.05, 3.63) is 75.5 Å². The summed E-state index contributed by atoms with van der Waals surface area (Å²) >= 11 is 12.5. The second-order valence-electron chi connectivity index (χ2n) is 5.82. The molecule has 0 bridgehead atoms. The number of fused-ring (bicyclic) bond motifs is 1. The van der Waals surface area contributed by atoms with Crippen LogP contribution in [0.4, 0.5) is 4.39 Å². The number of benzene rings is 2. The molecule has 1 aromatic heterocycles. The van der Waals surface area contributed by atoms with Crippen LogP contribution < -0.4 is 5.32 Å². The number of amides is 1. The molecule has 0 atom stereocenters. The lowest BCUT2D eigenvalue weighted by atomic mass is 10.1. The van der Waals surface area contributed by atoms with Crippen molar-refractivity contribution < 1.29 is 9.18 Å². The molecule has 4 rings (SSSR count). The lowest BCUT2D eigenvalue weighted by Crippen LogP contribution is -2.17. The highest BCUT2D eigenvalue weighted by Crippen LogP contribution is 2.30. The van der Waals surface area contributed by atoms with Crippen LogP contribution in [-0.4, -0.2) is 14.8 Å². The van der Waals surface area contributed by atoms with Crippen LogP contribution in [0.15, 0.2) is 53.6 Å². The van der Waals surface area contributed by atoms with Gasteiger partial charge in [-0.25, -0.2) is 4.39 Å². The van der Waals surface area contributed by atoms with Crippen LogP contribution in [0.5, 0.6) is 0 Å². The van der Waals surface area contributed by atoms with Gasteiger partial charge in [0.25, 0.3) is 5.91 Å². The Morgan fingerprint density at radius 3 is 2.81 bits per heavy atom. The quantitative estimate of drug-likeness (QED) is 0.496. The third-order valence-corrected chi connectivity index (χ3v) is 5.62. The Morgan fingerprint density at radius 1 is 1.27 bits per heavy atom. The summed E-state index contributed by atoms with van der Waals surface area (Å²) in [6.45, 7) is 0.501. The first kappa shape index (κ1) is 17.3. The lowest BCUT2D eigenvalue weighted by Gasteiger charge is -2.07. The number of para-hydroxylation sites is 1. The molecular weight excluding hydrogens is 391 g/mol. The minimum atomic E-state index is -0.359. The molecule has 1 amide bonds. The van der Waals surface area contributed by atoms with Gasteiger partial charge in [0.2, 0.25) is 0 Å². The molecule has 26 heavy (non-hydrogen) atoms. The normalized spacial score (nSPS) is 15.8. The minimum absolute atomic E-state index is 0.182. The predicted octanol–water partition coefficient (Wildman–Crippen LogP) is 4.97. The SMILES string of the molecule is O=C1NC(=S)S/C1=C/c1cn(Cc2ccc(F)cc2Cl)c2ccccc12. The van der Waals surface area contributed by atoms with E-state index >= 15 is 0 Å². The maximum atomic E-state index is 13.3. The summed E-state index contributed by atoms with van der Waals surface area (Å²) in [5.74, 6) is -0.541. The number of hydrogen-bond acceptors (Lipinski definition) is 3. The molecule has 0 aliphatic carbocycles. The molecule has 2 heterocycles. The fourth-order valence-corrected chi connectivity index (χ4v) is 4.18. The number of carbonyl (C=O) groups is 1. The first-order valence-electron chi connectivity index (χ1n) is 7.78. The van der Waals surface area contributed by atoms with Crippen LogP contribution in [0.3, 0.4) is 0 Å². The molecule has 3 nitrogen and oxygen atoms in total. The number of thiocarbonyl (C=S) groups is 1. The molecule has 2 aromatic carbocycles. The van der Waals surface area contributed by atoms with Crippen LogP contribution in [0, 0.1) is 5.82 Å². The second-order valence-corrected chi connectivity index (χ2v) is 7.94. The van der Waals surface area contributed by atoms with E-state index in [4.69, 9.17) is 23.8 Å². The summed E-state index contributed by atoms with van der Waals surface area (Å²) in [5, 5.41) is 4.03. The number of rotatable bonds is 3. The molecule has 1 fully saturated rings. The number of carbonyl (C=O) groups excluding carboxylic acids is 1. The zero-order chi connectivity index (χ0) is 18.3. The van der Waals surface area contributed by atoms with Crippen molar-refractivity contribution in [2.45, 2.75) is 6.54 Å². The van der Waals surface area contributed by atoms with Crippen LogP contribution in [0.25, 0.3) is 17.0 Å². The molecule has 1 N–H and O–H groups in total. The number of nitrogens with zero attached hydrogens (tertiary/aromatic N) is 1. The average molecular weight is 403 g/mol. The third-order valence-electron chi connectivity index (χ3n) is 4.10. The van der Waals surface area contributed by atoms with Crippen molar-refractivity contribution >= 4 is 62.8 Å². The van der Waals surface area contributed by atoms with Gasteiger partial charge in [-0.05, 0) is 29.8 Å². The minimum Gasteiger partial charge on any atom is -0.342 e. The molecule has 1 aliphatic heterocycles. The highest BCUT2D eigenvalue weighted by Gasteiger charge is 2.22. The van der Waals surface area contributed by atoms with Crippen LogP contribution in [0.2, 0.25) is 5.02 Å². The summed E-state index contributed by atoms with van der Waals surface area (Å²) in [6, 6.07) is 12.3. The second kappa shape index (κ2) is 6.87. The molecule has 0 radical (unpaired) electrons. The summed E-state index contributed by atoms with van der Waals surface area (Å²) < 4.78 is 15.8. The van der Waals surface area contributed by atoms with Crippen molar-refractivity contribution in [2.24, 2.45) is 0 Å². The van der Waals surface area contributed by atoms with E-state index in [9.17, 15) is 9.18 Å². The van der Waals surface area contributed by atoms with Gasteiger partial charge in [-0.1, -0.05) is 59.8 Å². The smallest absolute Gasteiger partial charge is 0.263 e. The van der Waals surface area contributed by atoms with Gasteiger partial charge in [-0.2, -0.15) is 0 Å². The number of thioether (sulfide) groups is 1. The number of aromatic nitrogens is 1. The lowest BCUT2D eigenvalue weighted by molar-refractivity contribution is -0.115. The highest BCUT2D eigenvalue weighted by atomic mass is 35.5. The van der Waals surface area contributed by atoms with Crippen molar-refractivity contribution in [1.29, 1.82) is 0 Å². The van der Waals surface area contributed by atoms with E-state index in [0.717, 1.165) is 22.0 Å². The van der Waals surface area contributed by atoms with E-state index < -0.39 is 0 Å².